The van der Waals surface area contributed by atoms with Crippen molar-refractivity contribution in [3.8, 4) is 5.75 Å². The number of ether oxygens (including phenoxy) is 1. The zero-order chi connectivity index (χ0) is 19.1. The fourth-order valence-electron chi connectivity index (χ4n) is 2.69. The van der Waals surface area contributed by atoms with E-state index in [-0.39, 0.29) is 12.8 Å². The molecule has 0 unspecified atom stereocenters. The summed E-state index contributed by atoms with van der Waals surface area (Å²) in [6.07, 6.45) is 0. The van der Waals surface area contributed by atoms with Crippen LogP contribution in [0.4, 0.5) is 16.2 Å². The molecule has 0 aliphatic carbocycles. The van der Waals surface area contributed by atoms with Gasteiger partial charge in [-0.25, -0.2) is 4.79 Å². The topological polar surface area (TPSA) is 53.6 Å². The first kappa shape index (κ1) is 19.9. The average molecular weight is 376 g/mol. The van der Waals surface area contributed by atoms with Crippen LogP contribution in [0, 0.1) is 13.8 Å². The van der Waals surface area contributed by atoms with Crippen molar-refractivity contribution in [3.63, 3.8) is 0 Å². The highest BCUT2D eigenvalue weighted by molar-refractivity contribution is 6.32. The van der Waals surface area contributed by atoms with Crippen molar-refractivity contribution < 1.29 is 9.53 Å². The summed E-state index contributed by atoms with van der Waals surface area (Å²) in [7, 11) is 0. The van der Waals surface area contributed by atoms with Gasteiger partial charge in [-0.15, -0.1) is 0 Å². The largest absolute Gasteiger partial charge is 0.473 e. The lowest BCUT2D eigenvalue weighted by molar-refractivity contribution is 0.234. The van der Waals surface area contributed by atoms with Crippen molar-refractivity contribution in [1.82, 2.24) is 5.32 Å². The van der Waals surface area contributed by atoms with E-state index in [0.29, 0.717) is 5.75 Å². The number of carbonyl (C=O) groups excluding carboxylic acids is 1. The van der Waals surface area contributed by atoms with Crippen LogP contribution in [-0.2, 0) is 0 Å². The molecular weight excluding hydrogens is 350 g/mol. The molecular formula is C20H26ClN3O2. The van der Waals surface area contributed by atoms with Gasteiger partial charge < -0.3 is 20.3 Å². The van der Waals surface area contributed by atoms with E-state index in [0.717, 1.165) is 40.6 Å². The van der Waals surface area contributed by atoms with Crippen molar-refractivity contribution in [1.29, 1.82) is 0 Å². The van der Waals surface area contributed by atoms with Gasteiger partial charge in [0, 0.05) is 29.5 Å². The molecule has 26 heavy (non-hydrogen) atoms. The van der Waals surface area contributed by atoms with Crippen molar-refractivity contribution >= 4 is 29.0 Å². The van der Waals surface area contributed by atoms with Gasteiger partial charge in [0.15, 0.2) is 6.73 Å². The highest BCUT2D eigenvalue weighted by Gasteiger charge is 2.06. The molecule has 5 nitrogen and oxygen atoms in total. The summed E-state index contributed by atoms with van der Waals surface area (Å²) in [6.45, 7) is 10.0. The fourth-order valence-corrected chi connectivity index (χ4v) is 2.80. The van der Waals surface area contributed by atoms with Crippen molar-refractivity contribution in [3.05, 3.63) is 52.5 Å². The Morgan fingerprint density at radius 3 is 2.19 bits per heavy atom. The number of aryl methyl sites for hydroxylation is 2. The molecule has 2 aromatic rings. The first-order chi connectivity index (χ1) is 12.4. The van der Waals surface area contributed by atoms with Crippen LogP contribution in [0.1, 0.15) is 25.0 Å². The quantitative estimate of drug-likeness (QED) is 0.672. The number of nitrogens with one attached hydrogen (secondary N) is 2. The number of halogens is 1. The summed E-state index contributed by atoms with van der Waals surface area (Å²) >= 11 is 6.14. The van der Waals surface area contributed by atoms with E-state index in [2.05, 4.69) is 29.4 Å². The number of hydrogen-bond acceptors (Lipinski definition) is 3. The summed E-state index contributed by atoms with van der Waals surface area (Å²) in [5.74, 6) is 0.674. The third-order valence-corrected chi connectivity index (χ3v) is 4.73. The van der Waals surface area contributed by atoms with E-state index in [1.165, 1.54) is 0 Å². The van der Waals surface area contributed by atoms with Gasteiger partial charge >= 0.3 is 6.03 Å². The van der Waals surface area contributed by atoms with Gasteiger partial charge in [0.25, 0.3) is 0 Å². The van der Waals surface area contributed by atoms with E-state index in [4.69, 9.17) is 16.3 Å². The van der Waals surface area contributed by atoms with E-state index < -0.39 is 0 Å². The summed E-state index contributed by atoms with van der Waals surface area (Å²) in [6, 6.07) is 11.2. The smallest absolute Gasteiger partial charge is 0.321 e. The normalized spacial score (nSPS) is 10.3. The molecule has 0 fully saturated rings. The second-order valence-corrected chi connectivity index (χ2v) is 6.39. The Morgan fingerprint density at radius 1 is 1.08 bits per heavy atom. The molecule has 0 radical (unpaired) electrons. The maximum atomic E-state index is 12.0. The van der Waals surface area contributed by atoms with Gasteiger partial charge in [0.05, 0.1) is 0 Å². The Labute approximate surface area is 160 Å². The van der Waals surface area contributed by atoms with Gasteiger partial charge in [-0.3, -0.25) is 0 Å². The Kier molecular flexibility index (Phi) is 7.16. The summed E-state index contributed by atoms with van der Waals surface area (Å²) in [4.78, 5) is 14.2. The minimum Gasteiger partial charge on any atom is -0.473 e. The minimum absolute atomic E-state index is 0.0733. The number of anilines is 2. The zero-order valence-electron chi connectivity index (χ0n) is 15.7. The molecule has 2 N–H and O–H groups in total. The van der Waals surface area contributed by atoms with Gasteiger partial charge in [0.2, 0.25) is 0 Å². The molecule has 0 aliphatic heterocycles. The Hall–Kier alpha value is -2.40. The Bertz CT molecular complexity index is 720. The van der Waals surface area contributed by atoms with Crippen LogP contribution in [0.5, 0.6) is 5.75 Å². The molecule has 140 valence electrons. The molecule has 2 aromatic carbocycles. The van der Waals surface area contributed by atoms with Crippen molar-refractivity contribution in [2.24, 2.45) is 0 Å². The van der Waals surface area contributed by atoms with Crippen LogP contribution < -0.4 is 20.3 Å². The SMILES string of the molecule is CCN(CC)c1ccc(NC(=O)NCOc2cc(C)c(Cl)c(C)c2)cc1. The molecule has 0 aromatic heterocycles. The summed E-state index contributed by atoms with van der Waals surface area (Å²) < 4.78 is 5.57. The standard InChI is InChI=1S/C20H26ClN3O2/c1-5-24(6-2)17-9-7-16(8-10-17)23-20(25)22-13-26-18-11-14(3)19(21)15(4)12-18/h7-12H,5-6,13H2,1-4H3,(H2,22,23,25). The highest BCUT2D eigenvalue weighted by atomic mass is 35.5. The predicted molar refractivity (Wildman–Crippen MR) is 109 cm³/mol. The molecule has 0 aliphatic rings. The lowest BCUT2D eigenvalue weighted by atomic mass is 10.1. The van der Waals surface area contributed by atoms with Gasteiger partial charge in [-0.1, -0.05) is 11.6 Å². The molecule has 0 saturated heterocycles. The van der Waals surface area contributed by atoms with E-state index in [1.807, 2.05) is 50.2 Å². The molecule has 6 heteroatoms. The summed E-state index contributed by atoms with van der Waals surface area (Å²) in [5.41, 5.74) is 3.76. The van der Waals surface area contributed by atoms with E-state index in [9.17, 15) is 4.79 Å². The second kappa shape index (κ2) is 9.34. The van der Waals surface area contributed by atoms with Gasteiger partial charge in [0.1, 0.15) is 5.75 Å². The maximum absolute atomic E-state index is 12.0. The molecule has 0 bridgehead atoms. The van der Waals surface area contributed by atoms with E-state index >= 15 is 0 Å². The third-order valence-electron chi connectivity index (χ3n) is 4.14. The van der Waals surface area contributed by atoms with Crippen LogP contribution in [0.15, 0.2) is 36.4 Å². The van der Waals surface area contributed by atoms with Gasteiger partial charge in [-0.05, 0) is 75.2 Å². The van der Waals surface area contributed by atoms with Crippen LogP contribution in [-0.4, -0.2) is 25.9 Å². The lowest BCUT2D eigenvalue weighted by Gasteiger charge is -2.21. The number of urea groups is 1. The Morgan fingerprint density at radius 2 is 1.65 bits per heavy atom. The molecule has 0 saturated carbocycles. The predicted octanol–water partition coefficient (Wildman–Crippen LogP) is 4.96. The minimum atomic E-state index is -0.317. The monoisotopic (exact) mass is 375 g/mol. The number of benzene rings is 2. The number of carbonyl (C=O) groups is 1. The Balaban J connectivity index is 1.83. The first-order valence-electron chi connectivity index (χ1n) is 8.74. The number of amides is 2. The number of hydrogen-bond donors (Lipinski definition) is 2. The van der Waals surface area contributed by atoms with E-state index in [1.54, 1.807) is 0 Å². The number of rotatable bonds is 7. The van der Waals surface area contributed by atoms with Gasteiger partial charge in [-0.2, -0.15) is 0 Å². The molecule has 2 amide bonds. The van der Waals surface area contributed by atoms with Crippen LogP contribution >= 0.6 is 11.6 Å². The number of nitrogens with zero attached hydrogens (tertiary/aromatic N) is 1. The molecule has 0 atom stereocenters. The van der Waals surface area contributed by atoms with Crippen molar-refractivity contribution in [2.75, 3.05) is 30.0 Å². The van der Waals surface area contributed by atoms with Crippen LogP contribution in [0.3, 0.4) is 0 Å². The third kappa shape index (κ3) is 5.30. The zero-order valence-corrected chi connectivity index (χ0v) is 16.5. The molecule has 0 heterocycles. The molecule has 2 rings (SSSR count). The van der Waals surface area contributed by atoms with Crippen molar-refractivity contribution in [2.45, 2.75) is 27.7 Å². The summed E-state index contributed by atoms with van der Waals surface area (Å²) in [5, 5.41) is 6.20. The van der Waals surface area contributed by atoms with Crippen LogP contribution in [0.2, 0.25) is 5.02 Å². The van der Waals surface area contributed by atoms with Crippen LogP contribution in [0.25, 0.3) is 0 Å². The highest BCUT2D eigenvalue weighted by Crippen LogP contribution is 2.25. The second-order valence-electron chi connectivity index (χ2n) is 6.01. The maximum Gasteiger partial charge on any atom is 0.321 e. The average Bonchev–Trinajstić information content (AvgIpc) is 2.62. The lowest BCUT2D eigenvalue weighted by Crippen LogP contribution is -2.32. The first-order valence-corrected chi connectivity index (χ1v) is 9.11. The fraction of sp³-hybridized carbons (Fsp3) is 0.350. The molecule has 0 spiro atoms.